The highest BCUT2D eigenvalue weighted by Gasteiger charge is 2.17. The maximum absolute atomic E-state index is 12.6. The number of hydrogen-bond acceptors (Lipinski definition) is 6. The van der Waals surface area contributed by atoms with Crippen molar-refractivity contribution in [2.45, 2.75) is 4.90 Å². The summed E-state index contributed by atoms with van der Waals surface area (Å²) >= 11 is 0. The molecule has 32 heavy (non-hydrogen) atoms. The fraction of sp³-hybridized carbons (Fsp3) is 0. The first kappa shape index (κ1) is 21.2. The van der Waals surface area contributed by atoms with Gasteiger partial charge in [0.1, 0.15) is 5.75 Å². The molecule has 3 N–H and O–H groups in total. The van der Waals surface area contributed by atoms with Crippen LogP contribution in [-0.2, 0) is 10.1 Å². The molecule has 1 amide bonds. The Morgan fingerprint density at radius 1 is 0.844 bits per heavy atom. The van der Waals surface area contributed by atoms with Crippen LogP contribution >= 0.6 is 0 Å². The molecular weight excluding hydrogens is 430 g/mol. The second kappa shape index (κ2) is 8.58. The number of benzene rings is 4. The van der Waals surface area contributed by atoms with E-state index < -0.39 is 20.8 Å². The van der Waals surface area contributed by atoms with Gasteiger partial charge in [-0.05, 0) is 47.9 Å². The molecule has 8 nitrogen and oxygen atoms in total. The lowest BCUT2D eigenvalue weighted by atomic mass is 10.1. The predicted octanol–water partition coefficient (Wildman–Crippen LogP) is 5.46. The Morgan fingerprint density at radius 3 is 2.16 bits per heavy atom. The van der Waals surface area contributed by atoms with Crippen LogP contribution in [-0.4, -0.2) is 24.0 Å². The molecule has 9 heteroatoms. The lowest BCUT2D eigenvalue weighted by Gasteiger charge is -2.11. The molecule has 160 valence electrons. The number of fused-ring (bicyclic) bond motifs is 1. The molecule has 4 aromatic carbocycles. The van der Waals surface area contributed by atoms with Crippen LogP contribution in [0.4, 0.5) is 17.1 Å². The lowest BCUT2D eigenvalue weighted by Crippen LogP contribution is -2.11. The van der Waals surface area contributed by atoms with Crippen molar-refractivity contribution >= 4 is 43.9 Å². The lowest BCUT2D eigenvalue weighted by molar-refractivity contribution is 0.102. The summed E-state index contributed by atoms with van der Waals surface area (Å²) < 4.78 is 32.6. The number of rotatable bonds is 5. The maximum atomic E-state index is 12.6. The number of carbonyl (C=O) groups is 1. The van der Waals surface area contributed by atoms with Gasteiger partial charge in [-0.1, -0.05) is 36.4 Å². The number of anilines is 1. The highest BCUT2D eigenvalue weighted by atomic mass is 32.2. The molecule has 0 fully saturated rings. The smallest absolute Gasteiger partial charge is 0.294 e. The SMILES string of the molecule is O=C(Nc1cc(N=Nc2ccccc2)c2c(O)cc(S(=O)(=O)O)cc2c1)c1ccccc1. The third kappa shape index (κ3) is 4.64. The number of azo groups is 1. The number of nitrogens with zero attached hydrogens (tertiary/aromatic N) is 2. The van der Waals surface area contributed by atoms with Gasteiger partial charge in [0.25, 0.3) is 16.0 Å². The van der Waals surface area contributed by atoms with Crippen molar-refractivity contribution in [3.8, 4) is 5.75 Å². The van der Waals surface area contributed by atoms with Crippen molar-refractivity contribution in [1.29, 1.82) is 0 Å². The zero-order valence-corrected chi connectivity index (χ0v) is 17.3. The first-order valence-electron chi connectivity index (χ1n) is 9.43. The van der Waals surface area contributed by atoms with E-state index in [1.807, 2.05) is 6.07 Å². The number of hydrogen-bond donors (Lipinski definition) is 3. The Bertz CT molecular complexity index is 1440. The van der Waals surface area contributed by atoms with Crippen molar-refractivity contribution in [3.05, 3.63) is 90.5 Å². The first-order chi connectivity index (χ1) is 15.3. The summed E-state index contributed by atoms with van der Waals surface area (Å²) in [5.74, 6) is -0.788. The normalized spacial score (nSPS) is 11.7. The summed E-state index contributed by atoms with van der Waals surface area (Å²) in [4.78, 5) is 12.1. The van der Waals surface area contributed by atoms with Crippen molar-refractivity contribution in [2.24, 2.45) is 10.2 Å². The van der Waals surface area contributed by atoms with E-state index in [4.69, 9.17) is 0 Å². The summed E-state index contributed by atoms with van der Waals surface area (Å²) in [6, 6.07) is 22.5. The minimum atomic E-state index is -4.57. The number of carbonyl (C=O) groups excluding carboxylic acids is 1. The highest BCUT2D eigenvalue weighted by Crippen LogP contribution is 2.39. The zero-order chi connectivity index (χ0) is 22.7. The van der Waals surface area contributed by atoms with Crippen LogP contribution in [0.25, 0.3) is 10.8 Å². The van der Waals surface area contributed by atoms with Crippen LogP contribution in [0.3, 0.4) is 0 Å². The molecule has 0 aliphatic rings. The zero-order valence-electron chi connectivity index (χ0n) is 16.5. The molecule has 0 radical (unpaired) electrons. The molecule has 0 heterocycles. The van der Waals surface area contributed by atoms with Crippen LogP contribution < -0.4 is 5.32 Å². The average Bonchev–Trinajstić information content (AvgIpc) is 2.78. The van der Waals surface area contributed by atoms with Gasteiger partial charge in [-0.15, -0.1) is 5.11 Å². The minimum absolute atomic E-state index is 0.203. The van der Waals surface area contributed by atoms with E-state index in [2.05, 4.69) is 15.5 Å². The van der Waals surface area contributed by atoms with Crippen molar-refractivity contribution < 1.29 is 22.9 Å². The Morgan fingerprint density at radius 2 is 1.50 bits per heavy atom. The van der Waals surface area contributed by atoms with Crippen molar-refractivity contribution in [2.75, 3.05) is 5.32 Å². The number of nitrogens with one attached hydrogen (secondary N) is 1. The van der Waals surface area contributed by atoms with Gasteiger partial charge >= 0.3 is 0 Å². The highest BCUT2D eigenvalue weighted by molar-refractivity contribution is 7.85. The molecule has 0 aliphatic heterocycles. The Hall–Kier alpha value is -4.08. The van der Waals surface area contributed by atoms with E-state index in [0.717, 1.165) is 6.07 Å². The molecule has 0 aromatic heterocycles. The number of phenolic OH excluding ortho intramolecular Hbond substituents is 1. The van der Waals surface area contributed by atoms with Crippen molar-refractivity contribution in [3.63, 3.8) is 0 Å². The summed E-state index contributed by atoms with van der Waals surface area (Å²) in [6.07, 6.45) is 0. The van der Waals surface area contributed by atoms with Gasteiger partial charge in [0.15, 0.2) is 0 Å². The maximum Gasteiger partial charge on any atom is 0.294 e. The molecule has 0 spiro atoms. The van der Waals surface area contributed by atoms with E-state index in [-0.39, 0.29) is 22.4 Å². The fourth-order valence-electron chi connectivity index (χ4n) is 3.14. The molecule has 0 unspecified atom stereocenters. The van der Waals surface area contributed by atoms with Crippen LogP contribution in [0.2, 0.25) is 0 Å². The Labute approximate surface area is 183 Å². The molecular formula is C23H17N3O5S. The molecule has 0 bridgehead atoms. The van der Waals surface area contributed by atoms with Crippen LogP contribution in [0.5, 0.6) is 5.75 Å². The molecule has 4 aromatic rings. The Kier molecular flexibility index (Phi) is 5.67. The van der Waals surface area contributed by atoms with Crippen molar-refractivity contribution in [1.82, 2.24) is 0 Å². The molecule has 4 rings (SSSR count). The summed E-state index contributed by atoms with van der Waals surface area (Å²) in [5.41, 5.74) is 1.50. The van der Waals surface area contributed by atoms with Crippen LogP contribution in [0, 0.1) is 0 Å². The second-order valence-corrected chi connectivity index (χ2v) is 8.29. The van der Waals surface area contributed by atoms with E-state index >= 15 is 0 Å². The van der Waals surface area contributed by atoms with Gasteiger partial charge in [0, 0.05) is 17.3 Å². The average molecular weight is 447 g/mol. The molecule has 0 saturated heterocycles. The quantitative estimate of drug-likeness (QED) is 0.276. The fourth-order valence-corrected chi connectivity index (χ4v) is 3.68. The Balaban J connectivity index is 1.85. The second-order valence-electron chi connectivity index (χ2n) is 6.87. The first-order valence-corrected chi connectivity index (χ1v) is 10.9. The monoisotopic (exact) mass is 447 g/mol. The van der Waals surface area contributed by atoms with E-state index in [1.165, 1.54) is 18.2 Å². The summed E-state index contributed by atoms with van der Waals surface area (Å²) in [6.45, 7) is 0. The van der Waals surface area contributed by atoms with Gasteiger partial charge in [-0.3, -0.25) is 9.35 Å². The standard InChI is InChI=1S/C23H17N3O5S/c27-21-14-19(32(29,30)31)12-16-11-18(24-23(28)15-7-3-1-4-8-15)13-20(22(16)21)26-25-17-9-5-2-6-10-17/h1-14,27H,(H,24,28)(H,29,30,31). The van der Waals surface area contributed by atoms with E-state index in [0.29, 0.717) is 16.9 Å². The van der Waals surface area contributed by atoms with Crippen LogP contribution in [0.15, 0.2) is 100 Å². The largest absolute Gasteiger partial charge is 0.507 e. The third-order valence-corrected chi connectivity index (χ3v) is 5.43. The van der Waals surface area contributed by atoms with E-state index in [9.17, 15) is 22.9 Å². The number of phenols is 1. The summed E-state index contributed by atoms with van der Waals surface area (Å²) in [7, 11) is -4.57. The number of aromatic hydroxyl groups is 1. The van der Waals surface area contributed by atoms with E-state index in [1.54, 1.807) is 54.6 Å². The van der Waals surface area contributed by atoms with Crippen LogP contribution in [0.1, 0.15) is 10.4 Å². The minimum Gasteiger partial charge on any atom is -0.507 e. The van der Waals surface area contributed by atoms with Gasteiger partial charge in [0.2, 0.25) is 0 Å². The van der Waals surface area contributed by atoms with Gasteiger partial charge < -0.3 is 10.4 Å². The summed E-state index contributed by atoms with van der Waals surface area (Å²) in [5, 5.41) is 22.0. The topological polar surface area (TPSA) is 128 Å². The van der Waals surface area contributed by atoms with Gasteiger partial charge in [0.05, 0.1) is 21.7 Å². The van der Waals surface area contributed by atoms with Gasteiger partial charge in [-0.25, -0.2) is 0 Å². The molecule has 0 atom stereocenters. The predicted molar refractivity (Wildman–Crippen MR) is 120 cm³/mol. The molecule has 0 saturated carbocycles. The molecule has 0 aliphatic carbocycles. The van der Waals surface area contributed by atoms with Gasteiger partial charge in [-0.2, -0.15) is 13.5 Å². The number of amides is 1. The third-order valence-electron chi connectivity index (χ3n) is 4.60.